The van der Waals surface area contributed by atoms with Crippen molar-refractivity contribution in [2.24, 2.45) is 5.73 Å². The molecule has 1 rings (SSSR count). The van der Waals surface area contributed by atoms with Gasteiger partial charge in [-0.05, 0) is 12.2 Å². The first-order valence-corrected chi connectivity index (χ1v) is 3.03. The second-order valence-corrected chi connectivity index (χ2v) is 2.02. The van der Waals surface area contributed by atoms with Crippen LogP contribution in [0, 0.1) is 0 Å². The minimum atomic E-state index is -1.05. The zero-order valence-corrected chi connectivity index (χ0v) is 5.77. The lowest BCUT2D eigenvalue weighted by Gasteiger charge is -2.06. The lowest BCUT2D eigenvalue weighted by molar-refractivity contribution is 0.175. The number of carboxylic acid groups (broad SMARTS) is 1. The van der Waals surface area contributed by atoms with Gasteiger partial charge in [0.15, 0.2) is 0 Å². The number of nitrogens with two attached hydrogens (primary N) is 1. The van der Waals surface area contributed by atoms with Crippen molar-refractivity contribution >= 4 is 6.09 Å². The number of hydrogen-bond acceptors (Lipinski definition) is 2. The Morgan fingerprint density at radius 1 is 1.55 bits per heavy atom. The van der Waals surface area contributed by atoms with Crippen LogP contribution in [0.15, 0.2) is 36.3 Å². The number of hydrogen-bond donors (Lipinski definition) is 2. The standard InChI is InChI=1S/C7H8N2O2/c8-6-3-1-2-4-9(5-6)7(10)11/h1-5H,8H2,(H,10,11). The van der Waals surface area contributed by atoms with Gasteiger partial charge in [0.25, 0.3) is 0 Å². The molecular weight excluding hydrogens is 144 g/mol. The minimum absolute atomic E-state index is 0.414. The highest BCUT2D eigenvalue weighted by Crippen LogP contribution is 2.01. The van der Waals surface area contributed by atoms with Crippen LogP contribution >= 0.6 is 0 Å². The Morgan fingerprint density at radius 3 is 2.91 bits per heavy atom. The molecule has 0 saturated heterocycles. The van der Waals surface area contributed by atoms with Crippen molar-refractivity contribution in [2.75, 3.05) is 0 Å². The Morgan fingerprint density at radius 2 is 2.27 bits per heavy atom. The topological polar surface area (TPSA) is 66.6 Å². The van der Waals surface area contributed by atoms with Gasteiger partial charge in [0.2, 0.25) is 0 Å². The van der Waals surface area contributed by atoms with Crippen molar-refractivity contribution in [3.05, 3.63) is 36.3 Å². The van der Waals surface area contributed by atoms with Gasteiger partial charge in [-0.3, -0.25) is 4.90 Å². The molecule has 0 saturated carbocycles. The van der Waals surface area contributed by atoms with Crippen LogP contribution in [-0.4, -0.2) is 16.1 Å². The van der Waals surface area contributed by atoms with Crippen LogP contribution in [0.5, 0.6) is 0 Å². The van der Waals surface area contributed by atoms with E-state index in [0.717, 1.165) is 4.90 Å². The van der Waals surface area contributed by atoms with E-state index in [2.05, 4.69) is 0 Å². The molecule has 1 amide bonds. The molecule has 1 aliphatic rings. The summed E-state index contributed by atoms with van der Waals surface area (Å²) >= 11 is 0. The SMILES string of the molecule is NC1=CN(C(=O)O)C=CC=C1. The summed E-state index contributed by atoms with van der Waals surface area (Å²) < 4.78 is 0. The number of amides is 1. The average Bonchev–Trinajstić information content (AvgIpc) is 2.13. The molecule has 0 unspecified atom stereocenters. The summed E-state index contributed by atoms with van der Waals surface area (Å²) in [4.78, 5) is 11.4. The maximum atomic E-state index is 10.4. The molecular formula is C7H8N2O2. The third-order valence-electron chi connectivity index (χ3n) is 1.16. The van der Waals surface area contributed by atoms with Crippen LogP contribution in [0.2, 0.25) is 0 Å². The van der Waals surface area contributed by atoms with Crippen molar-refractivity contribution in [1.29, 1.82) is 0 Å². The normalized spacial score (nSPS) is 16.0. The van der Waals surface area contributed by atoms with E-state index in [9.17, 15) is 4.79 Å². The van der Waals surface area contributed by atoms with Gasteiger partial charge < -0.3 is 10.8 Å². The van der Waals surface area contributed by atoms with Gasteiger partial charge in [0, 0.05) is 18.1 Å². The highest BCUT2D eigenvalue weighted by molar-refractivity contribution is 5.68. The van der Waals surface area contributed by atoms with Gasteiger partial charge in [-0.2, -0.15) is 0 Å². The number of nitrogens with zero attached hydrogens (tertiary/aromatic N) is 1. The van der Waals surface area contributed by atoms with Gasteiger partial charge in [-0.15, -0.1) is 0 Å². The first-order chi connectivity index (χ1) is 5.20. The smallest absolute Gasteiger partial charge is 0.415 e. The van der Waals surface area contributed by atoms with Gasteiger partial charge >= 0.3 is 6.09 Å². The summed E-state index contributed by atoms with van der Waals surface area (Å²) in [6, 6.07) is 0. The lowest BCUT2D eigenvalue weighted by Crippen LogP contribution is -2.18. The highest BCUT2D eigenvalue weighted by Gasteiger charge is 2.04. The van der Waals surface area contributed by atoms with E-state index in [0.29, 0.717) is 5.70 Å². The lowest BCUT2D eigenvalue weighted by atomic mass is 10.4. The third kappa shape index (κ3) is 1.86. The van der Waals surface area contributed by atoms with E-state index >= 15 is 0 Å². The zero-order chi connectivity index (χ0) is 8.27. The molecule has 1 heterocycles. The second kappa shape index (κ2) is 2.92. The van der Waals surface area contributed by atoms with Crippen molar-refractivity contribution in [3.63, 3.8) is 0 Å². The maximum absolute atomic E-state index is 10.4. The van der Waals surface area contributed by atoms with Crippen LogP contribution in [0.4, 0.5) is 4.79 Å². The molecule has 4 nitrogen and oxygen atoms in total. The molecule has 0 radical (unpaired) electrons. The summed E-state index contributed by atoms with van der Waals surface area (Å²) in [5, 5.41) is 8.53. The Balaban J connectivity index is 2.85. The van der Waals surface area contributed by atoms with E-state index in [4.69, 9.17) is 10.8 Å². The Kier molecular flexibility index (Phi) is 1.96. The largest absolute Gasteiger partial charge is 0.464 e. The number of rotatable bonds is 0. The highest BCUT2D eigenvalue weighted by atomic mass is 16.4. The van der Waals surface area contributed by atoms with Crippen LogP contribution in [0.25, 0.3) is 0 Å². The van der Waals surface area contributed by atoms with Crippen molar-refractivity contribution in [2.45, 2.75) is 0 Å². The van der Waals surface area contributed by atoms with Crippen molar-refractivity contribution in [1.82, 2.24) is 4.90 Å². The first kappa shape index (κ1) is 7.40. The van der Waals surface area contributed by atoms with Crippen LogP contribution in [-0.2, 0) is 0 Å². The summed E-state index contributed by atoms with van der Waals surface area (Å²) in [5.41, 5.74) is 5.81. The summed E-state index contributed by atoms with van der Waals surface area (Å²) in [5.74, 6) is 0. The van der Waals surface area contributed by atoms with Gasteiger partial charge in [0.05, 0.1) is 0 Å². The monoisotopic (exact) mass is 152 g/mol. The quantitative estimate of drug-likeness (QED) is 0.540. The predicted molar refractivity (Wildman–Crippen MR) is 40.4 cm³/mol. The fraction of sp³-hybridized carbons (Fsp3) is 0. The Bertz CT molecular complexity index is 253. The Hall–Kier alpha value is -1.71. The molecule has 0 aromatic heterocycles. The van der Waals surface area contributed by atoms with Crippen molar-refractivity contribution in [3.8, 4) is 0 Å². The Labute approximate surface area is 63.9 Å². The van der Waals surface area contributed by atoms with E-state index in [1.807, 2.05) is 0 Å². The number of carbonyl (C=O) groups is 1. The zero-order valence-electron chi connectivity index (χ0n) is 5.77. The molecule has 58 valence electrons. The molecule has 4 heteroatoms. The molecule has 0 spiro atoms. The van der Waals surface area contributed by atoms with Crippen LogP contribution in [0.1, 0.15) is 0 Å². The van der Waals surface area contributed by atoms with Gasteiger partial charge in [0.1, 0.15) is 0 Å². The summed E-state index contributed by atoms with van der Waals surface area (Å²) in [7, 11) is 0. The average molecular weight is 152 g/mol. The summed E-state index contributed by atoms with van der Waals surface area (Å²) in [6.45, 7) is 0. The molecule has 0 aromatic rings. The fourth-order valence-electron chi connectivity index (χ4n) is 0.675. The molecule has 0 aromatic carbocycles. The minimum Gasteiger partial charge on any atom is -0.464 e. The fourth-order valence-corrected chi connectivity index (χ4v) is 0.675. The van der Waals surface area contributed by atoms with E-state index in [-0.39, 0.29) is 0 Å². The van der Waals surface area contributed by atoms with E-state index in [1.54, 1.807) is 18.2 Å². The predicted octanol–water partition coefficient (Wildman–Crippen LogP) is 0.850. The molecule has 3 N–H and O–H groups in total. The first-order valence-electron chi connectivity index (χ1n) is 3.03. The van der Waals surface area contributed by atoms with E-state index < -0.39 is 6.09 Å². The van der Waals surface area contributed by atoms with E-state index in [1.165, 1.54) is 12.4 Å². The van der Waals surface area contributed by atoms with Crippen molar-refractivity contribution < 1.29 is 9.90 Å². The summed E-state index contributed by atoms with van der Waals surface area (Å²) in [6.07, 6.45) is 6.60. The molecule has 0 aliphatic carbocycles. The second-order valence-electron chi connectivity index (χ2n) is 2.02. The molecule has 11 heavy (non-hydrogen) atoms. The molecule has 0 bridgehead atoms. The maximum Gasteiger partial charge on any atom is 0.415 e. The molecule has 0 fully saturated rings. The van der Waals surface area contributed by atoms with Gasteiger partial charge in [-0.25, -0.2) is 4.79 Å². The van der Waals surface area contributed by atoms with Gasteiger partial charge in [-0.1, -0.05) is 6.08 Å². The number of allylic oxidation sites excluding steroid dienone is 3. The van der Waals surface area contributed by atoms with Crippen LogP contribution in [0.3, 0.4) is 0 Å². The molecule has 0 atom stereocenters. The van der Waals surface area contributed by atoms with Crippen LogP contribution < -0.4 is 5.73 Å². The molecule has 1 aliphatic heterocycles. The third-order valence-corrected chi connectivity index (χ3v) is 1.16.